The van der Waals surface area contributed by atoms with Gasteiger partial charge in [-0.3, -0.25) is 19.8 Å². The molecule has 48 heavy (non-hydrogen) atoms. The highest BCUT2D eigenvalue weighted by molar-refractivity contribution is 7.14. The van der Waals surface area contributed by atoms with Crippen LogP contribution in [0.5, 0.6) is 0 Å². The van der Waals surface area contributed by atoms with Gasteiger partial charge in [-0.25, -0.2) is 28.7 Å². The standard InChI is InChI=1S/C31H26ClFN8O5S2/c1-46-29(44)24-22(36-26(27-35-4-7-47-27)38-25(24)20-3-2-18(33)9-21(20)32)14-39-5-6-40-19(12-39)13-41(31(40)45)30-37-23(15-48-30)16-8-17(28(42)43)11-34-10-16/h2-4,7-11,15,19,25H,5-6,12-14H2,1H3,(H,36,38)(H,42,43)/t19-,25-/m0/s1. The van der Waals surface area contributed by atoms with Crippen molar-refractivity contribution >= 4 is 63.2 Å². The number of carboxylic acid groups (broad SMARTS) is 1. The van der Waals surface area contributed by atoms with Crippen LogP contribution >= 0.6 is 34.3 Å². The van der Waals surface area contributed by atoms with Crippen LogP contribution in [0.3, 0.4) is 0 Å². The number of carbonyl (C=O) groups is 3. The Morgan fingerprint density at radius 3 is 2.79 bits per heavy atom. The van der Waals surface area contributed by atoms with Gasteiger partial charge in [-0.2, -0.15) is 0 Å². The van der Waals surface area contributed by atoms with Crippen LogP contribution in [0.15, 0.2) is 69.9 Å². The molecule has 3 aliphatic rings. The summed E-state index contributed by atoms with van der Waals surface area (Å²) in [5.41, 5.74) is 2.36. The Bertz CT molecular complexity index is 1990. The number of anilines is 1. The first-order valence-electron chi connectivity index (χ1n) is 14.7. The van der Waals surface area contributed by atoms with Crippen molar-refractivity contribution in [2.24, 2.45) is 4.99 Å². The zero-order valence-corrected chi connectivity index (χ0v) is 27.6. The van der Waals surface area contributed by atoms with Crippen molar-refractivity contribution in [3.8, 4) is 11.3 Å². The van der Waals surface area contributed by atoms with Gasteiger partial charge in [0.05, 0.1) is 36.5 Å². The predicted molar refractivity (Wildman–Crippen MR) is 177 cm³/mol. The summed E-state index contributed by atoms with van der Waals surface area (Å²) >= 11 is 9.15. The fraction of sp³-hybridized carbons (Fsp3) is 0.258. The fourth-order valence-corrected chi connectivity index (χ4v) is 7.68. The number of aliphatic imine (C=N–C) groups is 1. The minimum absolute atomic E-state index is 0.0478. The van der Waals surface area contributed by atoms with Gasteiger partial charge in [0.15, 0.2) is 16.0 Å². The van der Waals surface area contributed by atoms with Gasteiger partial charge < -0.3 is 20.1 Å². The Balaban J connectivity index is 1.14. The van der Waals surface area contributed by atoms with Crippen molar-refractivity contribution in [1.29, 1.82) is 0 Å². The van der Waals surface area contributed by atoms with Crippen LogP contribution in [0.1, 0.15) is 27.0 Å². The molecular formula is C31H26ClFN8O5S2. The summed E-state index contributed by atoms with van der Waals surface area (Å²) in [6.45, 7) is 2.18. The molecule has 3 aliphatic heterocycles. The summed E-state index contributed by atoms with van der Waals surface area (Å²) in [5.74, 6) is -1.76. The van der Waals surface area contributed by atoms with Crippen LogP contribution in [0, 0.1) is 5.82 Å². The first kappa shape index (κ1) is 31.8. The van der Waals surface area contributed by atoms with Gasteiger partial charge in [-0.1, -0.05) is 17.7 Å². The number of carbonyl (C=O) groups excluding carboxylic acids is 2. The number of nitrogens with zero attached hydrogens (tertiary/aromatic N) is 7. The molecule has 0 unspecified atom stereocenters. The summed E-state index contributed by atoms with van der Waals surface area (Å²) < 4.78 is 19.2. The number of hydrogen-bond donors (Lipinski definition) is 2. The number of nitrogens with one attached hydrogen (secondary N) is 1. The molecule has 4 aromatic rings. The van der Waals surface area contributed by atoms with E-state index in [0.717, 1.165) is 0 Å². The number of aromatic carboxylic acids is 1. The molecule has 0 aliphatic carbocycles. The summed E-state index contributed by atoms with van der Waals surface area (Å²) in [5, 5.41) is 17.5. The smallest absolute Gasteiger partial charge is 0.338 e. The maximum atomic E-state index is 14.0. The van der Waals surface area contributed by atoms with E-state index in [4.69, 9.17) is 21.3 Å². The normalized spacial score (nSPS) is 19.6. The number of pyridine rings is 1. The van der Waals surface area contributed by atoms with Crippen LogP contribution in [0.25, 0.3) is 11.3 Å². The van der Waals surface area contributed by atoms with Gasteiger partial charge in [0, 0.05) is 77.4 Å². The maximum absolute atomic E-state index is 14.0. The fourth-order valence-electron chi connectivity index (χ4n) is 5.98. The van der Waals surface area contributed by atoms with Crippen LogP contribution in [0.2, 0.25) is 5.02 Å². The van der Waals surface area contributed by atoms with E-state index in [1.165, 1.54) is 66.4 Å². The molecule has 0 bridgehead atoms. The first-order chi connectivity index (χ1) is 23.2. The number of urea groups is 1. The molecule has 0 saturated carbocycles. The minimum atomic E-state index is -1.09. The van der Waals surface area contributed by atoms with Crippen molar-refractivity contribution in [1.82, 2.24) is 30.1 Å². The van der Waals surface area contributed by atoms with E-state index in [-0.39, 0.29) is 28.2 Å². The lowest BCUT2D eigenvalue weighted by Gasteiger charge is -2.38. The monoisotopic (exact) mass is 708 g/mol. The Morgan fingerprint density at radius 1 is 1.19 bits per heavy atom. The third-order valence-corrected chi connectivity index (χ3v) is 10.2. The first-order valence-corrected chi connectivity index (χ1v) is 16.8. The van der Waals surface area contributed by atoms with Gasteiger partial charge in [-0.15, -0.1) is 22.7 Å². The van der Waals surface area contributed by atoms with Gasteiger partial charge >= 0.3 is 18.0 Å². The molecule has 3 aromatic heterocycles. The second-order valence-corrected chi connectivity index (χ2v) is 13.3. The number of aromatic nitrogens is 3. The van der Waals surface area contributed by atoms with Gasteiger partial charge in [0.2, 0.25) is 0 Å². The number of benzene rings is 1. The van der Waals surface area contributed by atoms with Crippen molar-refractivity contribution in [2.45, 2.75) is 12.1 Å². The Morgan fingerprint density at radius 2 is 2.04 bits per heavy atom. The number of thiazole rings is 2. The molecule has 17 heteroatoms. The van der Waals surface area contributed by atoms with Crippen molar-refractivity contribution in [3.05, 3.63) is 91.9 Å². The Kier molecular flexibility index (Phi) is 8.63. The predicted octanol–water partition coefficient (Wildman–Crippen LogP) is 4.30. The molecule has 246 valence electrons. The van der Waals surface area contributed by atoms with E-state index >= 15 is 0 Å². The largest absolute Gasteiger partial charge is 0.478 e. The van der Waals surface area contributed by atoms with E-state index < -0.39 is 23.8 Å². The van der Waals surface area contributed by atoms with Gasteiger partial charge in [0.25, 0.3) is 0 Å². The van der Waals surface area contributed by atoms with Crippen LogP contribution in [-0.4, -0.2) is 99.5 Å². The number of carboxylic acids is 1. The van der Waals surface area contributed by atoms with Crippen molar-refractivity contribution < 1.29 is 28.6 Å². The topological polar surface area (TPSA) is 153 Å². The maximum Gasteiger partial charge on any atom is 0.338 e. The molecule has 7 rings (SSSR count). The summed E-state index contributed by atoms with van der Waals surface area (Å²) in [6.07, 6.45) is 4.46. The summed E-state index contributed by atoms with van der Waals surface area (Å²) in [7, 11) is 1.29. The third-order valence-electron chi connectivity index (χ3n) is 8.25. The highest BCUT2D eigenvalue weighted by atomic mass is 35.5. The highest BCUT2D eigenvalue weighted by Crippen LogP contribution is 2.37. The minimum Gasteiger partial charge on any atom is -0.478 e. The zero-order valence-electron chi connectivity index (χ0n) is 25.2. The number of ether oxygens (including phenoxy) is 1. The average Bonchev–Trinajstić information content (AvgIpc) is 3.85. The van der Waals surface area contributed by atoms with Crippen molar-refractivity contribution in [2.75, 3.05) is 44.7 Å². The molecule has 2 fully saturated rings. The highest BCUT2D eigenvalue weighted by Gasteiger charge is 2.43. The molecule has 2 atom stereocenters. The van der Waals surface area contributed by atoms with Gasteiger partial charge in [0.1, 0.15) is 11.9 Å². The van der Waals surface area contributed by atoms with E-state index in [1.807, 2.05) is 10.3 Å². The van der Waals surface area contributed by atoms with Crippen LogP contribution < -0.4 is 10.2 Å². The number of rotatable bonds is 8. The molecule has 0 spiro atoms. The van der Waals surface area contributed by atoms with Gasteiger partial charge in [-0.05, 0) is 18.2 Å². The number of esters is 1. The van der Waals surface area contributed by atoms with E-state index in [0.29, 0.717) is 71.2 Å². The van der Waals surface area contributed by atoms with E-state index in [2.05, 4.69) is 25.2 Å². The Labute approximate surface area is 286 Å². The molecule has 6 heterocycles. The lowest BCUT2D eigenvalue weighted by Crippen LogP contribution is -2.53. The molecule has 2 N–H and O–H groups in total. The second kappa shape index (κ2) is 13.0. The van der Waals surface area contributed by atoms with Crippen LogP contribution in [0.4, 0.5) is 14.3 Å². The number of amidine groups is 1. The number of hydrogen-bond acceptors (Lipinski definition) is 12. The molecule has 2 amide bonds. The molecular weight excluding hydrogens is 683 g/mol. The second-order valence-electron chi connectivity index (χ2n) is 11.2. The lowest BCUT2D eigenvalue weighted by atomic mass is 9.95. The Hall–Kier alpha value is -4.77. The van der Waals surface area contributed by atoms with Crippen LogP contribution in [-0.2, 0) is 9.53 Å². The van der Waals surface area contributed by atoms with Crippen molar-refractivity contribution in [3.63, 3.8) is 0 Å². The molecule has 0 radical (unpaired) electrons. The lowest BCUT2D eigenvalue weighted by molar-refractivity contribution is -0.136. The SMILES string of the molecule is COC(=O)C1=C(CN2CCN3C(=O)N(c4nc(-c5cncc(C(=O)O)c5)cs4)C[C@@H]3C2)NC(c2nccs2)=N[C@H]1c1ccc(F)cc1Cl. The number of halogens is 2. The third kappa shape index (κ3) is 6.03. The molecule has 1 aromatic carbocycles. The zero-order chi connectivity index (χ0) is 33.5. The molecule has 2 saturated heterocycles. The molecule has 13 nitrogen and oxygen atoms in total. The number of amides is 2. The van der Waals surface area contributed by atoms with E-state index in [1.54, 1.807) is 16.5 Å². The van der Waals surface area contributed by atoms with E-state index in [9.17, 15) is 23.9 Å². The number of methoxy groups -OCH3 is 1. The average molecular weight is 709 g/mol. The summed E-state index contributed by atoms with van der Waals surface area (Å²) in [4.78, 5) is 61.7. The summed E-state index contributed by atoms with van der Waals surface area (Å²) in [6, 6.07) is 4.27. The number of piperazine rings is 1. The quantitative estimate of drug-likeness (QED) is 0.254. The number of fused-ring (bicyclic) bond motifs is 1.